The molecule has 2 rings (SSSR count). The van der Waals surface area contributed by atoms with E-state index in [0.29, 0.717) is 12.8 Å². The van der Waals surface area contributed by atoms with Gasteiger partial charge in [-0.3, -0.25) is 0 Å². The maximum atomic E-state index is 12.7. The summed E-state index contributed by atoms with van der Waals surface area (Å²) < 4.78 is 12.7. The summed E-state index contributed by atoms with van der Waals surface area (Å²) >= 11 is 0. The summed E-state index contributed by atoms with van der Waals surface area (Å²) in [6.07, 6.45) is 0.234. The van der Waals surface area contributed by atoms with E-state index in [-0.39, 0.29) is 0 Å². The average molecular weight is 179 g/mol. The van der Waals surface area contributed by atoms with Crippen LogP contribution in [-0.4, -0.2) is 6.17 Å². The third-order valence-corrected chi connectivity index (χ3v) is 2.76. The summed E-state index contributed by atoms with van der Waals surface area (Å²) in [5.74, 6) is 0. The lowest BCUT2D eigenvalue weighted by atomic mass is 9.71. The van der Waals surface area contributed by atoms with E-state index in [4.69, 9.17) is 5.73 Å². The van der Waals surface area contributed by atoms with E-state index >= 15 is 0 Å². The first-order valence-corrected chi connectivity index (χ1v) is 4.60. The largest absolute Gasteiger partial charge is 0.321 e. The number of halogens is 1. The van der Waals surface area contributed by atoms with Gasteiger partial charge in [-0.25, -0.2) is 4.39 Å². The summed E-state index contributed by atoms with van der Waals surface area (Å²) in [4.78, 5) is 0. The monoisotopic (exact) mass is 179 g/mol. The van der Waals surface area contributed by atoms with E-state index in [1.54, 1.807) is 0 Å². The molecule has 2 heteroatoms. The number of benzene rings is 1. The first-order chi connectivity index (χ1) is 6.10. The van der Waals surface area contributed by atoms with E-state index in [1.807, 2.05) is 31.2 Å². The normalized spacial score (nSPS) is 32.7. The zero-order chi connectivity index (χ0) is 9.47. The van der Waals surface area contributed by atoms with Crippen molar-refractivity contribution < 1.29 is 4.39 Å². The molecule has 1 fully saturated rings. The van der Waals surface area contributed by atoms with Gasteiger partial charge in [0.1, 0.15) is 6.17 Å². The number of alkyl halides is 1. The van der Waals surface area contributed by atoms with Crippen LogP contribution in [0.5, 0.6) is 0 Å². The first kappa shape index (κ1) is 8.70. The number of hydrogen-bond donors (Lipinski definition) is 1. The highest BCUT2D eigenvalue weighted by atomic mass is 19.1. The molecular weight excluding hydrogens is 165 g/mol. The lowest BCUT2D eigenvalue weighted by Crippen LogP contribution is -2.50. The van der Waals surface area contributed by atoms with Gasteiger partial charge in [0.15, 0.2) is 0 Å². The first-order valence-electron chi connectivity index (χ1n) is 4.60. The van der Waals surface area contributed by atoms with Gasteiger partial charge in [0.25, 0.3) is 0 Å². The van der Waals surface area contributed by atoms with E-state index in [9.17, 15) is 4.39 Å². The fraction of sp³-hybridized carbons (Fsp3) is 0.455. The summed E-state index contributed by atoms with van der Waals surface area (Å²) in [6.45, 7) is 2.03. The molecule has 0 unspecified atom stereocenters. The third-order valence-electron chi connectivity index (χ3n) is 2.76. The number of aryl methyl sites for hydroxylation is 1. The molecular formula is C11H14FN. The lowest BCUT2D eigenvalue weighted by Gasteiger charge is -2.41. The van der Waals surface area contributed by atoms with E-state index in [2.05, 4.69) is 0 Å². The molecule has 0 aromatic heterocycles. The van der Waals surface area contributed by atoms with Gasteiger partial charge < -0.3 is 5.73 Å². The van der Waals surface area contributed by atoms with Gasteiger partial charge in [0.05, 0.1) is 0 Å². The Bertz CT molecular complexity index is 316. The highest BCUT2D eigenvalue weighted by Gasteiger charge is 2.42. The average Bonchev–Trinajstić information content (AvgIpc) is 2.02. The van der Waals surface area contributed by atoms with Crippen LogP contribution in [0.3, 0.4) is 0 Å². The zero-order valence-corrected chi connectivity index (χ0v) is 7.76. The highest BCUT2D eigenvalue weighted by Crippen LogP contribution is 2.40. The van der Waals surface area contributed by atoms with Crippen molar-refractivity contribution >= 4 is 0 Å². The lowest BCUT2D eigenvalue weighted by molar-refractivity contribution is 0.0985. The second-order valence-corrected chi connectivity index (χ2v) is 4.03. The van der Waals surface area contributed by atoms with E-state index < -0.39 is 11.7 Å². The molecule has 70 valence electrons. The summed E-state index contributed by atoms with van der Waals surface area (Å²) in [6, 6.07) is 8.04. The van der Waals surface area contributed by atoms with Crippen LogP contribution in [0.4, 0.5) is 4.39 Å². The molecule has 0 aliphatic heterocycles. The molecule has 2 N–H and O–H groups in total. The van der Waals surface area contributed by atoms with Crippen LogP contribution in [0.2, 0.25) is 0 Å². The van der Waals surface area contributed by atoms with Crippen LogP contribution >= 0.6 is 0 Å². The molecule has 0 saturated heterocycles. The van der Waals surface area contributed by atoms with Crippen molar-refractivity contribution in [2.75, 3.05) is 0 Å². The Morgan fingerprint density at radius 2 is 2.15 bits per heavy atom. The van der Waals surface area contributed by atoms with E-state index in [0.717, 1.165) is 5.56 Å². The van der Waals surface area contributed by atoms with Crippen molar-refractivity contribution in [1.29, 1.82) is 0 Å². The molecule has 0 spiro atoms. The Balaban J connectivity index is 2.26. The molecule has 1 nitrogen and oxygen atoms in total. The molecule has 1 aliphatic rings. The second-order valence-electron chi connectivity index (χ2n) is 4.03. The van der Waals surface area contributed by atoms with Gasteiger partial charge >= 0.3 is 0 Å². The van der Waals surface area contributed by atoms with Crippen LogP contribution < -0.4 is 5.73 Å². The molecule has 1 aromatic carbocycles. The van der Waals surface area contributed by atoms with Crippen LogP contribution in [0.1, 0.15) is 24.0 Å². The summed E-state index contributed by atoms with van der Waals surface area (Å²) in [5, 5.41) is 0. The predicted molar refractivity (Wildman–Crippen MR) is 51.2 cm³/mol. The standard InChI is InChI=1S/C11H14FN/c1-8-3-2-4-9(5-8)11(13)6-10(12)7-11/h2-5,10H,6-7,13H2,1H3. The van der Waals surface area contributed by atoms with Crippen molar-refractivity contribution in [1.82, 2.24) is 0 Å². The quantitative estimate of drug-likeness (QED) is 0.703. The van der Waals surface area contributed by atoms with Crippen LogP contribution in [0.15, 0.2) is 24.3 Å². The molecule has 1 aromatic rings. The minimum absolute atomic E-state index is 0.397. The Labute approximate surface area is 77.8 Å². The predicted octanol–water partition coefficient (Wildman–Crippen LogP) is 2.28. The van der Waals surface area contributed by atoms with Gasteiger partial charge in [-0.15, -0.1) is 0 Å². The van der Waals surface area contributed by atoms with Gasteiger partial charge in [0, 0.05) is 18.4 Å². The van der Waals surface area contributed by atoms with Gasteiger partial charge in [0.2, 0.25) is 0 Å². The van der Waals surface area contributed by atoms with Crippen molar-refractivity contribution in [2.24, 2.45) is 5.73 Å². The van der Waals surface area contributed by atoms with Gasteiger partial charge in [-0.2, -0.15) is 0 Å². The topological polar surface area (TPSA) is 26.0 Å². The minimum Gasteiger partial charge on any atom is -0.321 e. The van der Waals surface area contributed by atoms with Crippen molar-refractivity contribution in [3.8, 4) is 0 Å². The third kappa shape index (κ3) is 1.46. The highest BCUT2D eigenvalue weighted by molar-refractivity contribution is 5.31. The molecule has 0 bridgehead atoms. The fourth-order valence-electron chi connectivity index (χ4n) is 1.92. The maximum absolute atomic E-state index is 12.7. The van der Waals surface area contributed by atoms with Crippen molar-refractivity contribution in [3.05, 3.63) is 35.4 Å². The smallest absolute Gasteiger partial charge is 0.104 e. The molecule has 1 saturated carbocycles. The SMILES string of the molecule is Cc1cccc(C2(N)CC(F)C2)c1. The molecule has 1 aliphatic carbocycles. The molecule has 0 radical (unpaired) electrons. The Hall–Kier alpha value is -0.890. The molecule has 0 heterocycles. The Morgan fingerprint density at radius 3 is 2.69 bits per heavy atom. The van der Waals surface area contributed by atoms with Gasteiger partial charge in [-0.1, -0.05) is 29.8 Å². The fourth-order valence-corrected chi connectivity index (χ4v) is 1.92. The molecule has 0 amide bonds. The zero-order valence-electron chi connectivity index (χ0n) is 7.76. The number of hydrogen-bond acceptors (Lipinski definition) is 1. The maximum Gasteiger partial charge on any atom is 0.104 e. The van der Waals surface area contributed by atoms with Crippen LogP contribution in [0.25, 0.3) is 0 Å². The Morgan fingerprint density at radius 1 is 1.46 bits per heavy atom. The summed E-state index contributed by atoms with van der Waals surface area (Å²) in [5.41, 5.74) is 7.90. The van der Waals surface area contributed by atoms with E-state index in [1.165, 1.54) is 5.56 Å². The van der Waals surface area contributed by atoms with Crippen LogP contribution in [-0.2, 0) is 5.54 Å². The number of rotatable bonds is 1. The van der Waals surface area contributed by atoms with Crippen molar-refractivity contribution in [2.45, 2.75) is 31.5 Å². The summed E-state index contributed by atoms with van der Waals surface area (Å²) in [7, 11) is 0. The Kier molecular flexibility index (Phi) is 1.88. The minimum atomic E-state index is -0.703. The second kappa shape index (κ2) is 2.81. The van der Waals surface area contributed by atoms with Gasteiger partial charge in [-0.05, 0) is 12.5 Å². The van der Waals surface area contributed by atoms with Crippen molar-refractivity contribution in [3.63, 3.8) is 0 Å². The van der Waals surface area contributed by atoms with Crippen LogP contribution in [0, 0.1) is 6.92 Å². The molecule has 0 atom stereocenters. The number of nitrogens with two attached hydrogens (primary N) is 1. The molecule has 13 heavy (non-hydrogen) atoms.